The van der Waals surface area contributed by atoms with E-state index in [4.69, 9.17) is 5.11 Å². The van der Waals surface area contributed by atoms with Crippen LogP contribution in [0.1, 0.15) is 4.88 Å². The van der Waals surface area contributed by atoms with Crippen LogP contribution in [-0.4, -0.2) is 42.8 Å². The molecule has 0 aliphatic carbocycles. The minimum absolute atomic E-state index is 0.0121. The molecule has 16 heavy (non-hydrogen) atoms. The van der Waals surface area contributed by atoms with Crippen molar-refractivity contribution < 1.29 is 9.90 Å². The van der Waals surface area contributed by atoms with E-state index in [0.29, 0.717) is 13.1 Å². The zero-order valence-corrected chi connectivity index (χ0v) is 11.5. The molecule has 0 aliphatic rings. The van der Waals surface area contributed by atoms with Crippen molar-refractivity contribution in [3.8, 4) is 0 Å². The van der Waals surface area contributed by atoms with Crippen molar-refractivity contribution in [2.24, 2.45) is 0 Å². The second-order valence-electron chi connectivity index (χ2n) is 3.33. The van der Waals surface area contributed by atoms with E-state index in [2.05, 4.69) is 21.2 Å². The van der Waals surface area contributed by atoms with Gasteiger partial charge in [-0.3, -0.25) is 0 Å². The lowest BCUT2D eigenvalue weighted by atomic mass is 10.3. The number of carbonyl (C=O) groups is 1. The van der Waals surface area contributed by atoms with Gasteiger partial charge in [0.2, 0.25) is 0 Å². The maximum atomic E-state index is 11.4. The van der Waals surface area contributed by atoms with Crippen LogP contribution in [-0.2, 0) is 6.42 Å². The van der Waals surface area contributed by atoms with E-state index >= 15 is 0 Å². The topological polar surface area (TPSA) is 52.6 Å². The van der Waals surface area contributed by atoms with Gasteiger partial charge in [-0.05, 0) is 34.5 Å². The van der Waals surface area contributed by atoms with E-state index in [0.717, 1.165) is 10.2 Å². The van der Waals surface area contributed by atoms with Gasteiger partial charge in [0, 0.05) is 25.0 Å². The number of nitrogens with zero attached hydrogens (tertiary/aromatic N) is 1. The summed E-state index contributed by atoms with van der Waals surface area (Å²) in [5.74, 6) is 0. The highest BCUT2D eigenvalue weighted by Gasteiger charge is 2.06. The summed E-state index contributed by atoms with van der Waals surface area (Å²) in [6.07, 6.45) is 0.828. The number of hydrogen-bond donors (Lipinski definition) is 2. The fourth-order valence-electron chi connectivity index (χ4n) is 1.17. The molecule has 0 saturated heterocycles. The molecule has 0 spiro atoms. The fraction of sp³-hybridized carbons (Fsp3) is 0.500. The molecular weight excluding hydrogens is 292 g/mol. The molecule has 0 aromatic carbocycles. The number of rotatable bonds is 5. The van der Waals surface area contributed by atoms with Crippen molar-refractivity contribution in [3.05, 3.63) is 20.8 Å². The third kappa shape index (κ3) is 4.51. The van der Waals surface area contributed by atoms with Crippen LogP contribution in [0.2, 0.25) is 0 Å². The van der Waals surface area contributed by atoms with E-state index in [1.807, 2.05) is 12.1 Å². The molecule has 90 valence electrons. The predicted molar refractivity (Wildman–Crippen MR) is 68.8 cm³/mol. The molecule has 4 nitrogen and oxygen atoms in total. The Morgan fingerprint density at radius 2 is 2.38 bits per heavy atom. The first kappa shape index (κ1) is 13.5. The predicted octanol–water partition coefficient (Wildman–Crippen LogP) is 1.69. The van der Waals surface area contributed by atoms with Gasteiger partial charge in [0.25, 0.3) is 0 Å². The Morgan fingerprint density at radius 3 is 2.94 bits per heavy atom. The summed E-state index contributed by atoms with van der Waals surface area (Å²) in [6.45, 7) is 0.958. The zero-order valence-electron chi connectivity index (χ0n) is 9.07. The van der Waals surface area contributed by atoms with Crippen molar-refractivity contribution in [2.45, 2.75) is 6.42 Å². The lowest BCUT2D eigenvalue weighted by molar-refractivity contribution is 0.190. The van der Waals surface area contributed by atoms with E-state index in [-0.39, 0.29) is 12.6 Å². The molecular formula is C10H15BrN2O2S. The molecule has 1 heterocycles. The molecule has 2 amide bonds. The Labute approximate surface area is 107 Å². The van der Waals surface area contributed by atoms with Gasteiger partial charge in [-0.15, -0.1) is 11.3 Å². The summed E-state index contributed by atoms with van der Waals surface area (Å²) in [5.41, 5.74) is 0. The van der Waals surface area contributed by atoms with E-state index < -0.39 is 0 Å². The van der Waals surface area contributed by atoms with Crippen molar-refractivity contribution in [2.75, 3.05) is 26.7 Å². The number of aliphatic hydroxyl groups excluding tert-OH is 1. The van der Waals surface area contributed by atoms with E-state index in [9.17, 15) is 4.79 Å². The number of halogens is 1. The first-order valence-corrected chi connectivity index (χ1v) is 6.58. The van der Waals surface area contributed by atoms with Gasteiger partial charge in [-0.25, -0.2) is 4.79 Å². The number of hydrogen-bond acceptors (Lipinski definition) is 3. The van der Waals surface area contributed by atoms with Crippen LogP contribution in [0, 0.1) is 0 Å². The van der Waals surface area contributed by atoms with Crippen LogP contribution in [0.3, 0.4) is 0 Å². The smallest absolute Gasteiger partial charge is 0.317 e. The van der Waals surface area contributed by atoms with Gasteiger partial charge >= 0.3 is 6.03 Å². The SMILES string of the molecule is CN(CCO)C(=O)NCCc1ccc(Br)s1. The molecule has 0 saturated carbocycles. The van der Waals surface area contributed by atoms with E-state index in [1.165, 1.54) is 9.78 Å². The van der Waals surface area contributed by atoms with Crippen molar-refractivity contribution in [3.63, 3.8) is 0 Å². The van der Waals surface area contributed by atoms with Gasteiger partial charge in [0.05, 0.1) is 10.4 Å². The van der Waals surface area contributed by atoms with Crippen LogP contribution in [0.5, 0.6) is 0 Å². The standard InChI is InChI=1S/C10H15BrN2O2S/c1-13(6-7-14)10(15)12-5-4-8-2-3-9(11)16-8/h2-3,14H,4-7H2,1H3,(H,12,15). The molecule has 0 radical (unpaired) electrons. The number of thiophene rings is 1. The Kier molecular flexibility index (Phi) is 5.79. The average molecular weight is 307 g/mol. The molecule has 1 aromatic rings. The molecule has 0 aliphatic heterocycles. The second-order valence-corrected chi connectivity index (χ2v) is 5.88. The Bertz CT molecular complexity index is 343. The summed E-state index contributed by atoms with van der Waals surface area (Å²) in [5, 5.41) is 11.5. The van der Waals surface area contributed by atoms with E-state index in [1.54, 1.807) is 18.4 Å². The summed E-state index contributed by atoms with van der Waals surface area (Å²) < 4.78 is 1.10. The fourth-order valence-corrected chi connectivity index (χ4v) is 2.65. The molecule has 0 bridgehead atoms. The van der Waals surface area contributed by atoms with Gasteiger partial charge in [0.15, 0.2) is 0 Å². The summed E-state index contributed by atoms with van der Waals surface area (Å²) in [4.78, 5) is 14.1. The third-order valence-corrected chi connectivity index (χ3v) is 3.74. The number of aliphatic hydroxyl groups is 1. The lowest BCUT2D eigenvalue weighted by Gasteiger charge is -2.16. The minimum Gasteiger partial charge on any atom is -0.395 e. The first-order chi connectivity index (χ1) is 7.63. The highest BCUT2D eigenvalue weighted by atomic mass is 79.9. The third-order valence-electron chi connectivity index (χ3n) is 2.06. The van der Waals surface area contributed by atoms with Crippen LogP contribution in [0.4, 0.5) is 4.79 Å². The van der Waals surface area contributed by atoms with Crippen LogP contribution < -0.4 is 5.32 Å². The zero-order chi connectivity index (χ0) is 12.0. The van der Waals surface area contributed by atoms with Crippen LogP contribution >= 0.6 is 27.3 Å². The number of urea groups is 1. The van der Waals surface area contributed by atoms with Crippen molar-refractivity contribution >= 4 is 33.3 Å². The summed E-state index contributed by atoms with van der Waals surface area (Å²) in [6, 6.07) is 3.89. The summed E-state index contributed by atoms with van der Waals surface area (Å²) in [7, 11) is 1.66. The highest BCUT2D eigenvalue weighted by Crippen LogP contribution is 2.21. The van der Waals surface area contributed by atoms with Crippen molar-refractivity contribution in [1.29, 1.82) is 0 Å². The lowest BCUT2D eigenvalue weighted by Crippen LogP contribution is -2.39. The molecule has 6 heteroatoms. The largest absolute Gasteiger partial charge is 0.395 e. The maximum absolute atomic E-state index is 11.4. The Balaban J connectivity index is 2.22. The van der Waals surface area contributed by atoms with Crippen LogP contribution in [0.15, 0.2) is 15.9 Å². The number of amides is 2. The van der Waals surface area contributed by atoms with Crippen LogP contribution in [0.25, 0.3) is 0 Å². The quantitative estimate of drug-likeness (QED) is 0.870. The molecule has 1 rings (SSSR count). The van der Waals surface area contributed by atoms with Crippen molar-refractivity contribution in [1.82, 2.24) is 10.2 Å². The molecule has 0 unspecified atom stereocenters. The summed E-state index contributed by atoms with van der Waals surface area (Å²) >= 11 is 5.06. The molecule has 2 N–H and O–H groups in total. The minimum atomic E-state index is -0.148. The molecule has 0 atom stereocenters. The molecule has 0 fully saturated rings. The normalized spacial score (nSPS) is 10.2. The molecule has 1 aromatic heterocycles. The Morgan fingerprint density at radius 1 is 1.62 bits per heavy atom. The first-order valence-electron chi connectivity index (χ1n) is 4.97. The monoisotopic (exact) mass is 306 g/mol. The Hall–Kier alpha value is -0.590. The number of carbonyl (C=O) groups excluding carboxylic acids is 1. The maximum Gasteiger partial charge on any atom is 0.317 e. The number of nitrogens with one attached hydrogen (secondary N) is 1. The van der Waals surface area contributed by atoms with Gasteiger partial charge in [-0.1, -0.05) is 0 Å². The second kappa shape index (κ2) is 6.88. The van der Waals surface area contributed by atoms with Gasteiger partial charge in [-0.2, -0.15) is 0 Å². The average Bonchev–Trinajstić information content (AvgIpc) is 2.64. The highest BCUT2D eigenvalue weighted by molar-refractivity contribution is 9.11. The van der Waals surface area contributed by atoms with Gasteiger partial charge < -0.3 is 15.3 Å². The number of likely N-dealkylation sites (N-methyl/N-ethyl adjacent to an activating group) is 1. The van der Waals surface area contributed by atoms with Gasteiger partial charge in [0.1, 0.15) is 0 Å².